The van der Waals surface area contributed by atoms with Gasteiger partial charge in [0.15, 0.2) is 0 Å². The topological polar surface area (TPSA) is 58.1 Å². The van der Waals surface area contributed by atoms with E-state index in [9.17, 15) is 4.79 Å². The number of hydrogen-bond acceptors (Lipinski definition) is 3. The van der Waals surface area contributed by atoms with Gasteiger partial charge >= 0.3 is 0 Å². The molecule has 0 spiro atoms. The lowest BCUT2D eigenvalue weighted by Crippen LogP contribution is -2.44. The zero-order valence-electron chi connectivity index (χ0n) is 17.6. The Kier molecular flexibility index (Phi) is 5.19. The average molecular weight is 391 g/mol. The lowest BCUT2D eigenvalue weighted by atomic mass is 9.87. The number of aryl methyl sites for hydroxylation is 1. The highest BCUT2D eigenvalue weighted by Gasteiger charge is 2.29. The molecular formula is C24H30N4O. The standard InChI is InChI=1S/C24H30N4O/c1-5-28-20-9-7-6-8-17(20)14-21(28)19-15-22(27-26-19)25-23(29)16-10-12-18(13-11-16)24(2,3)4/h6-14,19,22,26-27H,5,15H2,1-4H3,(H,25,29). The molecule has 1 aromatic heterocycles. The summed E-state index contributed by atoms with van der Waals surface area (Å²) in [4.78, 5) is 12.7. The molecule has 1 amide bonds. The number of aromatic nitrogens is 1. The van der Waals surface area contributed by atoms with E-state index in [2.05, 4.69) is 78.8 Å². The van der Waals surface area contributed by atoms with Crippen LogP contribution in [0.1, 0.15) is 61.8 Å². The van der Waals surface area contributed by atoms with Crippen LogP contribution in [0.3, 0.4) is 0 Å². The van der Waals surface area contributed by atoms with Crippen molar-refractivity contribution >= 4 is 16.8 Å². The zero-order valence-corrected chi connectivity index (χ0v) is 17.6. The molecule has 5 nitrogen and oxygen atoms in total. The third kappa shape index (κ3) is 3.93. The lowest BCUT2D eigenvalue weighted by molar-refractivity contribution is 0.0932. The molecule has 2 unspecified atom stereocenters. The molecule has 0 radical (unpaired) electrons. The summed E-state index contributed by atoms with van der Waals surface area (Å²) in [7, 11) is 0. The molecule has 2 atom stereocenters. The molecule has 1 aliphatic rings. The van der Waals surface area contributed by atoms with E-state index in [0.717, 1.165) is 13.0 Å². The number of carbonyl (C=O) groups is 1. The largest absolute Gasteiger partial charge is 0.343 e. The summed E-state index contributed by atoms with van der Waals surface area (Å²) in [5.41, 5.74) is 11.1. The second-order valence-electron chi connectivity index (χ2n) is 8.80. The molecule has 2 aromatic carbocycles. The molecule has 1 aliphatic heterocycles. The first kappa shape index (κ1) is 19.7. The molecule has 0 saturated carbocycles. The van der Waals surface area contributed by atoms with Crippen LogP contribution in [0.25, 0.3) is 10.9 Å². The minimum Gasteiger partial charge on any atom is -0.343 e. The van der Waals surface area contributed by atoms with Crippen LogP contribution in [0.2, 0.25) is 0 Å². The molecule has 1 saturated heterocycles. The van der Waals surface area contributed by atoms with E-state index < -0.39 is 0 Å². The first-order valence-electron chi connectivity index (χ1n) is 10.4. The molecule has 152 valence electrons. The van der Waals surface area contributed by atoms with Crippen LogP contribution < -0.4 is 16.2 Å². The molecule has 29 heavy (non-hydrogen) atoms. The van der Waals surface area contributed by atoms with E-state index in [1.807, 2.05) is 24.3 Å². The van der Waals surface area contributed by atoms with Crippen LogP contribution in [-0.4, -0.2) is 16.6 Å². The van der Waals surface area contributed by atoms with Crippen LogP contribution in [0.5, 0.6) is 0 Å². The first-order chi connectivity index (χ1) is 13.9. The minimum atomic E-state index is -0.113. The number of carbonyl (C=O) groups excluding carboxylic acids is 1. The molecule has 4 rings (SSSR count). The van der Waals surface area contributed by atoms with Gasteiger partial charge in [-0.05, 0) is 47.6 Å². The second kappa shape index (κ2) is 7.65. The number of nitrogens with one attached hydrogen (secondary N) is 3. The number of hydrogen-bond donors (Lipinski definition) is 3. The van der Waals surface area contributed by atoms with Gasteiger partial charge in [-0.3, -0.25) is 4.79 Å². The Morgan fingerprint density at radius 1 is 1.10 bits per heavy atom. The molecule has 3 N–H and O–H groups in total. The van der Waals surface area contributed by atoms with Crippen molar-refractivity contribution in [3.63, 3.8) is 0 Å². The summed E-state index contributed by atoms with van der Waals surface area (Å²) in [6.07, 6.45) is 0.681. The maximum Gasteiger partial charge on any atom is 0.252 e. The first-order valence-corrected chi connectivity index (χ1v) is 10.4. The maximum atomic E-state index is 12.7. The van der Waals surface area contributed by atoms with Gasteiger partial charge in [0.2, 0.25) is 0 Å². The van der Waals surface area contributed by atoms with E-state index in [1.54, 1.807) is 0 Å². The van der Waals surface area contributed by atoms with E-state index in [1.165, 1.54) is 22.2 Å². The fourth-order valence-electron chi connectivity index (χ4n) is 4.08. The summed E-state index contributed by atoms with van der Waals surface area (Å²) in [6, 6.07) is 18.7. The summed E-state index contributed by atoms with van der Waals surface area (Å²) in [5, 5.41) is 4.35. The number of benzene rings is 2. The minimum absolute atomic E-state index is 0.0542. The van der Waals surface area contributed by atoms with Crippen molar-refractivity contribution in [2.45, 2.75) is 58.3 Å². The van der Waals surface area contributed by atoms with Gasteiger partial charge in [0, 0.05) is 29.7 Å². The average Bonchev–Trinajstić information content (AvgIpc) is 3.31. The van der Waals surface area contributed by atoms with Gasteiger partial charge in [0.25, 0.3) is 5.91 Å². The molecule has 0 bridgehead atoms. The number of hydrazine groups is 1. The van der Waals surface area contributed by atoms with Gasteiger partial charge in [-0.15, -0.1) is 0 Å². The Balaban J connectivity index is 1.45. The smallest absolute Gasteiger partial charge is 0.252 e. The van der Waals surface area contributed by atoms with Crippen molar-refractivity contribution < 1.29 is 4.79 Å². The van der Waals surface area contributed by atoms with Gasteiger partial charge < -0.3 is 9.88 Å². The molecule has 5 heteroatoms. The van der Waals surface area contributed by atoms with Crippen LogP contribution in [0.15, 0.2) is 54.6 Å². The van der Waals surface area contributed by atoms with E-state index in [4.69, 9.17) is 0 Å². The van der Waals surface area contributed by atoms with E-state index in [-0.39, 0.29) is 23.5 Å². The Hall–Kier alpha value is -2.63. The number of amides is 1. The predicted molar refractivity (Wildman–Crippen MR) is 118 cm³/mol. The maximum absolute atomic E-state index is 12.7. The fraction of sp³-hybridized carbons (Fsp3) is 0.375. The molecule has 0 aliphatic carbocycles. The number of para-hydroxylation sites is 1. The van der Waals surface area contributed by atoms with Gasteiger partial charge in [-0.1, -0.05) is 51.1 Å². The number of nitrogens with zero attached hydrogens (tertiary/aromatic N) is 1. The van der Waals surface area contributed by atoms with Crippen molar-refractivity contribution in [1.29, 1.82) is 0 Å². The summed E-state index contributed by atoms with van der Waals surface area (Å²) < 4.78 is 2.34. The van der Waals surface area contributed by atoms with E-state index >= 15 is 0 Å². The fourth-order valence-corrected chi connectivity index (χ4v) is 4.08. The number of rotatable bonds is 4. The quantitative estimate of drug-likeness (QED) is 0.624. The second-order valence-corrected chi connectivity index (χ2v) is 8.80. The highest BCUT2D eigenvalue weighted by atomic mass is 16.1. The van der Waals surface area contributed by atoms with Crippen LogP contribution in [-0.2, 0) is 12.0 Å². The lowest BCUT2D eigenvalue weighted by Gasteiger charge is -2.19. The summed E-state index contributed by atoms with van der Waals surface area (Å²) >= 11 is 0. The Morgan fingerprint density at radius 3 is 2.52 bits per heavy atom. The van der Waals surface area contributed by atoms with Crippen molar-refractivity contribution in [3.8, 4) is 0 Å². The highest BCUT2D eigenvalue weighted by Crippen LogP contribution is 2.28. The molecule has 3 aromatic rings. The monoisotopic (exact) mass is 390 g/mol. The van der Waals surface area contributed by atoms with Crippen molar-refractivity contribution in [2.24, 2.45) is 0 Å². The van der Waals surface area contributed by atoms with Gasteiger partial charge in [-0.25, -0.2) is 10.9 Å². The van der Waals surface area contributed by atoms with Gasteiger partial charge in [0.1, 0.15) is 0 Å². The van der Waals surface area contributed by atoms with Crippen molar-refractivity contribution in [2.75, 3.05) is 0 Å². The highest BCUT2D eigenvalue weighted by molar-refractivity contribution is 5.94. The SMILES string of the molecule is CCn1c(C2CC(NC(=O)c3ccc(C(C)(C)C)cc3)NN2)cc2ccccc21. The molecule has 2 heterocycles. The molecule has 1 fully saturated rings. The van der Waals surface area contributed by atoms with E-state index in [0.29, 0.717) is 5.56 Å². The van der Waals surface area contributed by atoms with Gasteiger partial charge in [0.05, 0.1) is 12.2 Å². The predicted octanol–water partition coefficient (Wildman–Crippen LogP) is 4.25. The number of fused-ring (bicyclic) bond motifs is 1. The van der Waals surface area contributed by atoms with Gasteiger partial charge in [-0.2, -0.15) is 0 Å². The Bertz CT molecular complexity index is 1010. The zero-order chi connectivity index (χ0) is 20.6. The third-order valence-electron chi connectivity index (χ3n) is 5.74. The van der Waals surface area contributed by atoms with Crippen LogP contribution in [0.4, 0.5) is 0 Å². The third-order valence-corrected chi connectivity index (χ3v) is 5.74. The Morgan fingerprint density at radius 2 is 1.83 bits per heavy atom. The van der Waals surface area contributed by atoms with Crippen LogP contribution >= 0.6 is 0 Å². The normalized spacial score (nSPS) is 19.6. The van der Waals surface area contributed by atoms with Crippen molar-refractivity contribution in [3.05, 3.63) is 71.4 Å². The Labute approximate surface area is 172 Å². The van der Waals surface area contributed by atoms with Crippen LogP contribution in [0, 0.1) is 0 Å². The van der Waals surface area contributed by atoms with Crippen molar-refractivity contribution in [1.82, 2.24) is 20.7 Å². The molecular weight excluding hydrogens is 360 g/mol. The summed E-state index contributed by atoms with van der Waals surface area (Å²) in [5.74, 6) is -0.0542. The summed E-state index contributed by atoms with van der Waals surface area (Å²) in [6.45, 7) is 9.60.